The van der Waals surface area contributed by atoms with Crippen molar-refractivity contribution in [3.8, 4) is 5.75 Å². The van der Waals surface area contributed by atoms with Crippen molar-refractivity contribution in [3.63, 3.8) is 0 Å². The molecule has 1 aliphatic rings. The molecule has 0 aliphatic carbocycles. The Morgan fingerprint density at radius 3 is 2.70 bits per heavy atom. The van der Waals surface area contributed by atoms with Gasteiger partial charge in [0.25, 0.3) is 6.43 Å². The Kier molecular flexibility index (Phi) is 5.73. The fourth-order valence-corrected chi connectivity index (χ4v) is 2.42. The van der Waals surface area contributed by atoms with Crippen LogP contribution >= 0.6 is 0 Å². The maximum atomic E-state index is 12.7. The molecule has 0 N–H and O–H groups in total. The number of alkyl halides is 2. The van der Waals surface area contributed by atoms with Crippen LogP contribution in [0.3, 0.4) is 0 Å². The van der Waals surface area contributed by atoms with E-state index in [1.165, 1.54) is 13.2 Å². The number of aryl methyl sites for hydroxylation is 1. The molecular formula is C15H21F2NO2. The minimum atomic E-state index is -2.49. The summed E-state index contributed by atoms with van der Waals surface area (Å²) in [6.07, 6.45) is -0.610. The van der Waals surface area contributed by atoms with Crippen LogP contribution in [0.15, 0.2) is 18.2 Å². The lowest BCUT2D eigenvalue weighted by atomic mass is 10.1. The van der Waals surface area contributed by atoms with Gasteiger partial charge in [-0.25, -0.2) is 8.78 Å². The van der Waals surface area contributed by atoms with Gasteiger partial charge in [0.15, 0.2) is 0 Å². The third kappa shape index (κ3) is 4.15. The summed E-state index contributed by atoms with van der Waals surface area (Å²) in [5.41, 5.74) is 1.00. The van der Waals surface area contributed by atoms with Crippen molar-refractivity contribution in [2.24, 2.45) is 0 Å². The van der Waals surface area contributed by atoms with Crippen LogP contribution in [0.2, 0.25) is 0 Å². The van der Waals surface area contributed by atoms with Crippen LogP contribution in [0, 0.1) is 0 Å². The Morgan fingerprint density at radius 2 is 2.05 bits per heavy atom. The Morgan fingerprint density at radius 1 is 1.30 bits per heavy atom. The summed E-state index contributed by atoms with van der Waals surface area (Å²) in [5, 5.41) is 0. The van der Waals surface area contributed by atoms with Gasteiger partial charge in [0.05, 0.1) is 25.9 Å². The molecule has 112 valence electrons. The monoisotopic (exact) mass is 285 g/mol. The molecule has 0 unspecified atom stereocenters. The first kappa shape index (κ1) is 15.2. The van der Waals surface area contributed by atoms with Gasteiger partial charge in [-0.2, -0.15) is 0 Å². The summed E-state index contributed by atoms with van der Waals surface area (Å²) >= 11 is 0. The van der Waals surface area contributed by atoms with Gasteiger partial charge in [-0.15, -0.1) is 0 Å². The molecule has 20 heavy (non-hydrogen) atoms. The van der Waals surface area contributed by atoms with Crippen molar-refractivity contribution in [2.45, 2.75) is 19.3 Å². The lowest BCUT2D eigenvalue weighted by molar-refractivity contribution is 0.0374. The Hall–Kier alpha value is -1.20. The zero-order valence-electron chi connectivity index (χ0n) is 11.8. The third-order valence-corrected chi connectivity index (χ3v) is 3.58. The summed E-state index contributed by atoms with van der Waals surface area (Å²) in [6, 6.07) is 4.96. The number of rotatable bonds is 6. The molecule has 0 aromatic heterocycles. The predicted octanol–water partition coefficient (Wildman–Crippen LogP) is 2.90. The van der Waals surface area contributed by atoms with Gasteiger partial charge in [-0.1, -0.05) is 6.07 Å². The maximum absolute atomic E-state index is 12.7. The van der Waals surface area contributed by atoms with Crippen LogP contribution < -0.4 is 4.74 Å². The fourth-order valence-electron chi connectivity index (χ4n) is 2.42. The number of halogens is 2. The van der Waals surface area contributed by atoms with Crippen molar-refractivity contribution < 1.29 is 18.3 Å². The van der Waals surface area contributed by atoms with Crippen molar-refractivity contribution in [3.05, 3.63) is 29.3 Å². The number of hydrogen-bond donors (Lipinski definition) is 0. The highest BCUT2D eigenvalue weighted by Crippen LogP contribution is 2.29. The molecule has 0 radical (unpaired) electrons. The number of nitrogens with zero attached hydrogens (tertiary/aromatic N) is 1. The number of methoxy groups -OCH3 is 1. The molecule has 0 spiro atoms. The van der Waals surface area contributed by atoms with E-state index in [0.717, 1.165) is 51.3 Å². The number of morpholine rings is 1. The van der Waals surface area contributed by atoms with E-state index >= 15 is 0 Å². The van der Waals surface area contributed by atoms with Crippen molar-refractivity contribution in [1.82, 2.24) is 4.90 Å². The summed E-state index contributed by atoms with van der Waals surface area (Å²) < 4.78 is 35.8. The molecule has 1 heterocycles. The lowest BCUT2D eigenvalue weighted by Gasteiger charge is -2.26. The second-order valence-corrected chi connectivity index (χ2v) is 4.93. The van der Waals surface area contributed by atoms with E-state index in [4.69, 9.17) is 9.47 Å². The predicted molar refractivity (Wildman–Crippen MR) is 73.5 cm³/mol. The molecule has 2 rings (SSSR count). The van der Waals surface area contributed by atoms with Crippen LogP contribution in [0.4, 0.5) is 8.78 Å². The first-order valence-corrected chi connectivity index (χ1v) is 6.96. The molecule has 0 bridgehead atoms. The third-order valence-electron chi connectivity index (χ3n) is 3.58. The first-order chi connectivity index (χ1) is 9.70. The lowest BCUT2D eigenvalue weighted by Crippen LogP contribution is -2.36. The van der Waals surface area contributed by atoms with Gasteiger partial charge in [0.2, 0.25) is 0 Å². The van der Waals surface area contributed by atoms with Crippen LogP contribution in [0.5, 0.6) is 5.75 Å². The van der Waals surface area contributed by atoms with E-state index in [0.29, 0.717) is 0 Å². The summed E-state index contributed by atoms with van der Waals surface area (Å²) in [6.45, 7) is 4.58. The largest absolute Gasteiger partial charge is 0.496 e. The van der Waals surface area contributed by atoms with Gasteiger partial charge in [0.1, 0.15) is 5.75 Å². The zero-order valence-corrected chi connectivity index (χ0v) is 11.8. The summed E-state index contributed by atoms with van der Waals surface area (Å²) in [7, 11) is 1.43. The zero-order chi connectivity index (χ0) is 14.4. The molecule has 1 aliphatic heterocycles. The average Bonchev–Trinajstić information content (AvgIpc) is 2.48. The highest BCUT2D eigenvalue weighted by atomic mass is 19.3. The minimum absolute atomic E-state index is 0.0376. The van der Waals surface area contributed by atoms with E-state index in [9.17, 15) is 8.78 Å². The molecular weight excluding hydrogens is 264 g/mol. The van der Waals surface area contributed by atoms with Crippen molar-refractivity contribution in [1.29, 1.82) is 0 Å². The topological polar surface area (TPSA) is 21.7 Å². The fraction of sp³-hybridized carbons (Fsp3) is 0.600. The van der Waals surface area contributed by atoms with E-state index < -0.39 is 6.43 Å². The molecule has 1 saturated heterocycles. The standard InChI is InChI=1S/C15H21F2NO2/c1-19-14-11-12(4-5-13(14)15(16)17)3-2-6-18-7-9-20-10-8-18/h4-5,11,15H,2-3,6-10H2,1H3. The van der Waals surface area contributed by atoms with Crippen molar-refractivity contribution >= 4 is 0 Å². The van der Waals surface area contributed by atoms with Gasteiger partial charge in [-0.3, -0.25) is 4.90 Å². The minimum Gasteiger partial charge on any atom is -0.496 e. The summed E-state index contributed by atoms with van der Waals surface area (Å²) in [5.74, 6) is 0.281. The number of benzene rings is 1. The van der Waals surface area contributed by atoms with Gasteiger partial charge in [0, 0.05) is 13.1 Å². The molecule has 1 fully saturated rings. The van der Waals surface area contributed by atoms with Crippen LogP contribution in [-0.4, -0.2) is 44.9 Å². The maximum Gasteiger partial charge on any atom is 0.267 e. The van der Waals surface area contributed by atoms with Gasteiger partial charge < -0.3 is 9.47 Å². The molecule has 1 aromatic rings. The van der Waals surface area contributed by atoms with Crippen molar-refractivity contribution in [2.75, 3.05) is 40.0 Å². The van der Waals surface area contributed by atoms with Crippen LogP contribution in [-0.2, 0) is 11.2 Å². The van der Waals surface area contributed by atoms with Crippen LogP contribution in [0.25, 0.3) is 0 Å². The van der Waals surface area contributed by atoms with E-state index in [1.54, 1.807) is 12.1 Å². The van der Waals surface area contributed by atoms with Crippen LogP contribution in [0.1, 0.15) is 24.0 Å². The molecule has 1 aromatic carbocycles. The molecule has 3 nitrogen and oxygen atoms in total. The van der Waals surface area contributed by atoms with E-state index in [1.807, 2.05) is 0 Å². The SMILES string of the molecule is COc1cc(CCCN2CCOCC2)ccc1C(F)F. The number of ether oxygens (including phenoxy) is 2. The van der Waals surface area contributed by atoms with E-state index in [2.05, 4.69) is 4.90 Å². The Bertz CT molecular complexity index is 420. The Labute approximate surface area is 118 Å². The normalized spacial score (nSPS) is 16.6. The second-order valence-electron chi connectivity index (χ2n) is 4.93. The van der Waals surface area contributed by atoms with Gasteiger partial charge in [-0.05, 0) is 37.1 Å². The summed E-state index contributed by atoms with van der Waals surface area (Å²) in [4.78, 5) is 2.37. The molecule has 0 saturated carbocycles. The Balaban J connectivity index is 1.86. The van der Waals surface area contributed by atoms with Gasteiger partial charge >= 0.3 is 0 Å². The number of hydrogen-bond acceptors (Lipinski definition) is 3. The smallest absolute Gasteiger partial charge is 0.267 e. The molecule has 0 atom stereocenters. The van der Waals surface area contributed by atoms with E-state index in [-0.39, 0.29) is 11.3 Å². The second kappa shape index (κ2) is 7.55. The highest BCUT2D eigenvalue weighted by molar-refractivity contribution is 5.38. The highest BCUT2D eigenvalue weighted by Gasteiger charge is 2.14. The average molecular weight is 285 g/mol. The first-order valence-electron chi connectivity index (χ1n) is 6.96. The quantitative estimate of drug-likeness (QED) is 0.802. The molecule has 5 heteroatoms. The molecule has 0 amide bonds.